The van der Waals surface area contributed by atoms with Crippen LogP contribution in [0.3, 0.4) is 0 Å². The van der Waals surface area contributed by atoms with E-state index in [0.29, 0.717) is 0 Å². The molecule has 1 aromatic rings. The summed E-state index contributed by atoms with van der Waals surface area (Å²) >= 11 is 11.1. The van der Waals surface area contributed by atoms with Crippen LogP contribution in [0, 0.1) is 0 Å². The molecule has 0 radical (unpaired) electrons. The predicted octanol–water partition coefficient (Wildman–Crippen LogP) is 5.37. The highest BCUT2D eigenvalue weighted by Crippen LogP contribution is 2.34. The third kappa shape index (κ3) is 5.43. The Morgan fingerprint density at radius 2 is 1.68 bits per heavy atom. The normalized spacial score (nSPS) is 14.8. The SMILES string of the molecule is C1CCOC1.C=C(c1ccc(Cl)c(Cl)c1)C(F)(F)F. The zero-order valence-electron chi connectivity index (χ0n) is 10.1. The van der Waals surface area contributed by atoms with Crippen LogP contribution in [0.15, 0.2) is 24.8 Å². The summed E-state index contributed by atoms with van der Waals surface area (Å²) in [5, 5.41) is 0.292. The van der Waals surface area contributed by atoms with Gasteiger partial charge in [-0.1, -0.05) is 35.8 Å². The Morgan fingerprint density at radius 3 is 2.05 bits per heavy atom. The van der Waals surface area contributed by atoms with Crippen molar-refractivity contribution in [3.8, 4) is 0 Å². The predicted molar refractivity (Wildman–Crippen MR) is 71.6 cm³/mol. The molecule has 0 saturated carbocycles. The van der Waals surface area contributed by atoms with Crippen molar-refractivity contribution in [2.45, 2.75) is 19.0 Å². The molecule has 6 heteroatoms. The number of rotatable bonds is 1. The van der Waals surface area contributed by atoms with Crippen molar-refractivity contribution in [1.29, 1.82) is 0 Å². The fraction of sp³-hybridized carbons (Fsp3) is 0.385. The molecule has 106 valence electrons. The first kappa shape index (κ1) is 16.3. The molecular formula is C13H13Cl2F3O. The molecule has 0 unspecified atom stereocenters. The molecule has 0 atom stereocenters. The number of benzene rings is 1. The molecule has 0 aromatic heterocycles. The van der Waals surface area contributed by atoms with E-state index in [1.54, 1.807) is 0 Å². The lowest BCUT2D eigenvalue weighted by atomic mass is 10.1. The van der Waals surface area contributed by atoms with Crippen molar-refractivity contribution in [2.75, 3.05) is 13.2 Å². The van der Waals surface area contributed by atoms with Gasteiger partial charge in [-0.25, -0.2) is 0 Å². The standard InChI is InChI=1S/C9H5Cl2F3.C4H8O/c1-5(9(12,13)14)6-2-3-7(10)8(11)4-6;1-2-4-5-3-1/h2-4H,1H2;1-4H2. The third-order valence-corrected chi connectivity index (χ3v) is 3.18. The fourth-order valence-corrected chi connectivity index (χ4v) is 1.66. The zero-order valence-corrected chi connectivity index (χ0v) is 11.6. The molecule has 2 rings (SSSR count). The van der Waals surface area contributed by atoms with Crippen LogP contribution in [-0.4, -0.2) is 19.4 Å². The summed E-state index contributed by atoms with van der Waals surface area (Å²) in [6.07, 6.45) is -1.89. The van der Waals surface area contributed by atoms with E-state index in [4.69, 9.17) is 27.9 Å². The smallest absolute Gasteiger partial charge is 0.381 e. The minimum absolute atomic E-state index is 0.0769. The summed E-state index contributed by atoms with van der Waals surface area (Å²) in [6, 6.07) is 3.67. The van der Waals surface area contributed by atoms with E-state index in [2.05, 4.69) is 6.58 Å². The molecule has 0 amide bonds. The molecule has 1 saturated heterocycles. The third-order valence-electron chi connectivity index (χ3n) is 2.44. The Labute approximate surface area is 120 Å². The van der Waals surface area contributed by atoms with Gasteiger partial charge < -0.3 is 4.74 Å². The highest BCUT2D eigenvalue weighted by molar-refractivity contribution is 6.42. The average Bonchev–Trinajstić information content (AvgIpc) is 2.89. The van der Waals surface area contributed by atoms with Crippen molar-refractivity contribution >= 4 is 28.8 Å². The van der Waals surface area contributed by atoms with Gasteiger partial charge in [-0.2, -0.15) is 13.2 Å². The number of alkyl halides is 3. The van der Waals surface area contributed by atoms with Crippen molar-refractivity contribution in [3.05, 3.63) is 40.4 Å². The van der Waals surface area contributed by atoms with Crippen molar-refractivity contribution in [2.24, 2.45) is 0 Å². The Morgan fingerprint density at radius 1 is 1.11 bits per heavy atom. The van der Waals surface area contributed by atoms with Gasteiger partial charge in [0, 0.05) is 13.2 Å². The second-order valence-electron chi connectivity index (χ2n) is 3.92. The van der Waals surface area contributed by atoms with Crippen LogP contribution in [0.4, 0.5) is 13.2 Å². The van der Waals surface area contributed by atoms with Gasteiger partial charge in [0.2, 0.25) is 0 Å². The van der Waals surface area contributed by atoms with Crippen LogP contribution >= 0.6 is 23.2 Å². The first-order valence-corrected chi connectivity index (χ1v) is 6.37. The molecule has 0 spiro atoms. The van der Waals surface area contributed by atoms with Crippen molar-refractivity contribution in [1.82, 2.24) is 0 Å². The van der Waals surface area contributed by atoms with E-state index in [0.717, 1.165) is 19.3 Å². The van der Waals surface area contributed by atoms with Crippen LogP contribution in [0.5, 0.6) is 0 Å². The molecule has 19 heavy (non-hydrogen) atoms. The van der Waals surface area contributed by atoms with Gasteiger partial charge in [-0.15, -0.1) is 0 Å². The van der Waals surface area contributed by atoms with Gasteiger partial charge >= 0.3 is 6.18 Å². The monoisotopic (exact) mass is 312 g/mol. The molecule has 1 aromatic carbocycles. The Hall–Kier alpha value is -0.710. The second-order valence-corrected chi connectivity index (χ2v) is 4.74. The molecule has 1 nitrogen and oxygen atoms in total. The maximum atomic E-state index is 12.2. The van der Waals surface area contributed by atoms with E-state index in [9.17, 15) is 13.2 Å². The number of hydrogen-bond donors (Lipinski definition) is 0. The minimum atomic E-state index is -4.45. The summed E-state index contributed by atoms with van der Waals surface area (Å²) in [5.41, 5.74) is -1.01. The summed E-state index contributed by atoms with van der Waals surface area (Å²) < 4.78 is 41.5. The molecule has 0 aliphatic carbocycles. The van der Waals surface area contributed by atoms with Crippen molar-refractivity contribution < 1.29 is 17.9 Å². The number of allylic oxidation sites excluding steroid dienone is 1. The first-order valence-electron chi connectivity index (χ1n) is 5.61. The Balaban J connectivity index is 0.000000300. The highest BCUT2D eigenvalue weighted by Gasteiger charge is 2.32. The van der Waals surface area contributed by atoms with Crippen LogP contribution in [-0.2, 0) is 4.74 Å². The quantitative estimate of drug-likeness (QED) is 0.677. The lowest BCUT2D eigenvalue weighted by Gasteiger charge is -2.10. The summed E-state index contributed by atoms with van der Waals surface area (Å²) in [5.74, 6) is 0. The Kier molecular flexibility index (Phi) is 6.17. The van der Waals surface area contributed by atoms with E-state index in [-0.39, 0.29) is 15.6 Å². The summed E-state index contributed by atoms with van der Waals surface area (Å²) in [6.45, 7) is 4.94. The van der Waals surface area contributed by atoms with E-state index >= 15 is 0 Å². The second kappa shape index (κ2) is 7.17. The van der Waals surface area contributed by atoms with Crippen LogP contribution in [0.2, 0.25) is 10.0 Å². The lowest BCUT2D eigenvalue weighted by molar-refractivity contribution is -0.0686. The van der Waals surface area contributed by atoms with Crippen molar-refractivity contribution in [3.63, 3.8) is 0 Å². The van der Waals surface area contributed by atoms with Gasteiger partial charge in [0.1, 0.15) is 0 Å². The molecule has 0 N–H and O–H groups in total. The Bertz CT molecular complexity index is 432. The summed E-state index contributed by atoms with van der Waals surface area (Å²) in [7, 11) is 0. The average molecular weight is 313 g/mol. The van der Waals surface area contributed by atoms with Gasteiger partial charge in [0.05, 0.1) is 15.6 Å². The fourth-order valence-electron chi connectivity index (χ4n) is 1.36. The largest absolute Gasteiger partial charge is 0.416 e. The molecule has 1 heterocycles. The maximum absolute atomic E-state index is 12.2. The van der Waals surface area contributed by atoms with E-state index in [1.807, 2.05) is 0 Å². The van der Waals surface area contributed by atoms with Crippen LogP contribution in [0.25, 0.3) is 5.57 Å². The van der Waals surface area contributed by atoms with Gasteiger partial charge in [-0.05, 0) is 30.5 Å². The zero-order chi connectivity index (χ0) is 14.5. The topological polar surface area (TPSA) is 9.23 Å². The summed E-state index contributed by atoms with van der Waals surface area (Å²) in [4.78, 5) is 0. The molecule has 1 fully saturated rings. The minimum Gasteiger partial charge on any atom is -0.381 e. The number of ether oxygens (including phenoxy) is 1. The van der Waals surface area contributed by atoms with Crippen LogP contribution in [0.1, 0.15) is 18.4 Å². The van der Waals surface area contributed by atoms with E-state index in [1.165, 1.54) is 25.0 Å². The van der Waals surface area contributed by atoms with Gasteiger partial charge in [0.25, 0.3) is 0 Å². The van der Waals surface area contributed by atoms with Gasteiger partial charge in [0.15, 0.2) is 0 Å². The molecule has 0 bridgehead atoms. The van der Waals surface area contributed by atoms with Crippen LogP contribution < -0.4 is 0 Å². The first-order chi connectivity index (χ1) is 8.82. The van der Waals surface area contributed by atoms with E-state index < -0.39 is 11.7 Å². The lowest BCUT2D eigenvalue weighted by Crippen LogP contribution is -2.09. The number of halogens is 5. The molecular weight excluding hydrogens is 300 g/mol. The number of hydrogen-bond acceptors (Lipinski definition) is 1. The highest BCUT2D eigenvalue weighted by atomic mass is 35.5. The maximum Gasteiger partial charge on any atom is 0.416 e. The molecule has 1 aliphatic heterocycles. The van der Waals surface area contributed by atoms with Gasteiger partial charge in [-0.3, -0.25) is 0 Å². The molecule has 1 aliphatic rings.